The molecule has 6 heteroatoms. The van der Waals surface area contributed by atoms with E-state index in [-0.39, 0.29) is 31.1 Å². The van der Waals surface area contributed by atoms with Gasteiger partial charge >= 0.3 is 17.9 Å². The van der Waals surface area contributed by atoms with Crippen molar-refractivity contribution in [1.29, 1.82) is 0 Å². The highest BCUT2D eigenvalue weighted by Crippen LogP contribution is 2.17. The summed E-state index contributed by atoms with van der Waals surface area (Å²) < 4.78 is 17.0. The van der Waals surface area contributed by atoms with Gasteiger partial charge in [-0.1, -0.05) is 301 Å². The maximum Gasteiger partial charge on any atom is 0.306 e. The molecule has 0 spiro atoms. The second-order valence-electron chi connectivity index (χ2n) is 22.4. The molecule has 0 rings (SSSR count). The molecule has 1 atom stereocenters. The molecule has 6 nitrogen and oxygen atoms in total. The summed E-state index contributed by atoms with van der Waals surface area (Å²) in [6.45, 7) is 6.67. The van der Waals surface area contributed by atoms with Gasteiger partial charge in [-0.25, -0.2) is 0 Å². The van der Waals surface area contributed by atoms with Crippen LogP contribution in [0.4, 0.5) is 0 Å². The lowest BCUT2D eigenvalue weighted by molar-refractivity contribution is -0.167. The van der Waals surface area contributed by atoms with E-state index < -0.39 is 6.10 Å². The Bertz CT molecular complexity index is 1300. The standard InChI is InChI=1S/C69H126O6/c1-4-7-10-13-16-19-22-25-27-29-31-33-34-36-37-39-41-44-47-50-53-56-59-62-68(71)74-65-66(64-73-67(70)61-58-55-52-49-46-43-24-21-18-15-12-9-6-3)75-69(72)63-60-57-54-51-48-45-42-40-38-35-32-30-28-26-23-20-17-14-11-8-5-2/h22-23,25-26,29-32,66H,4-21,24,27-28,33-65H2,1-3H3/b25-22-,26-23-,31-29-,32-30-. The molecule has 0 aliphatic heterocycles. The van der Waals surface area contributed by atoms with Gasteiger partial charge in [0.15, 0.2) is 6.10 Å². The monoisotopic (exact) mass is 1050 g/mol. The molecule has 0 aromatic carbocycles. The van der Waals surface area contributed by atoms with Gasteiger partial charge in [-0.15, -0.1) is 0 Å². The third-order valence-electron chi connectivity index (χ3n) is 14.8. The van der Waals surface area contributed by atoms with Crippen molar-refractivity contribution in [3.8, 4) is 0 Å². The van der Waals surface area contributed by atoms with Gasteiger partial charge in [0.05, 0.1) is 0 Å². The number of unbranched alkanes of at least 4 members (excludes halogenated alkanes) is 42. The van der Waals surface area contributed by atoms with Gasteiger partial charge in [0.25, 0.3) is 0 Å². The predicted octanol–water partition coefficient (Wildman–Crippen LogP) is 22.6. The van der Waals surface area contributed by atoms with E-state index in [2.05, 4.69) is 69.4 Å². The smallest absolute Gasteiger partial charge is 0.306 e. The molecule has 0 N–H and O–H groups in total. The Hall–Kier alpha value is -2.63. The quantitative estimate of drug-likeness (QED) is 0.0261. The largest absolute Gasteiger partial charge is 0.462 e. The van der Waals surface area contributed by atoms with E-state index in [1.807, 2.05) is 0 Å². The lowest BCUT2D eigenvalue weighted by Crippen LogP contribution is -2.30. The van der Waals surface area contributed by atoms with E-state index in [4.69, 9.17) is 14.2 Å². The summed E-state index contributed by atoms with van der Waals surface area (Å²) >= 11 is 0. The molecule has 0 radical (unpaired) electrons. The first-order valence-corrected chi connectivity index (χ1v) is 33.1. The van der Waals surface area contributed by atoms with E-state index in [0.717, 1.165) is 70.6 Å². The average Bonchev–Trinajstić information content (AvgIpc) is 3.41. The maximum absolute atomic E-state index is 12.9. The zero-order chi connectivity index (χ0) is 54.3. The van der Waals surface area contributed by atoms with Crippen LogP contribution in [0.2, 0.25) is 0 Å². The fraction of sp³-hybridized carbons (Fsp3) is 0.841. The predicted molar refractivity (Wildman–Crippen MR) is 325 cm³/mol. The summed E-state index contributed by atoms with van der Waals surface area (Å²) in [5.41, 5.74) is 0. The number of hydrogen-bond donors (Lipinski definition) is 0. The lowest BCUT2D eigenvalue weighted by atomic mass is 10.0. The van der Waals surface area contributed by atoms with Crippen LogP contribution in [0.25, 0.3) is 0 Å². The molecule has 0 fully saturated rings. The Labute approximate surface area is 467 Å². The molecule has 0 saturated carbocycles. The van der Waals surface area contributed by atoms with Crippen LogP contribution >= 0.6 is 0 Å². The summed E-state index contributed by atoms with van der Waals surface area (Å²) in [7, 11) is 0. The van der Waals surface area contributed by atoms with E-state index in [0.29, 0.717) is 19.3 Å². The molecule has 0 amide bonds. The third-order valence-corrected chi connectivity index (χ3v) is 14.8. The molecule has 0 aromatic heterocycles. The first-order valence-electron chi connectivity index (χ1n) is 33.1. The van der Waals surface area contributed by atoms with Gasteiger partial charge < -0.3 is 14.2 Å². The van der Waals surface area contributed by atoms with Crippen LogP contribution in [0.5, 0.6) is 0 Å². The summed E-state index contributed by atoms with van der Waals surface area (Å²) in [5, 5.41) is 0. The van der Waals surface area contributed by atoms with E-state index >= 15 is 0 Å². The van der Waals surface area contributed by atoms with Gasteiger partial charge in [-0.05, 0) is 83.5 Å². The van der Waals surface area contributed by atoms with Crippen molar-refractivity contribution in [2.45, 2.75) is 361 Å². The number of rotatable bonds is 61. The molecule has 0 heterocycles. The Balaban J connectivity index is 4.29. The van der Waals surface area contributed by atoms with Crippen molar-refractivity contribution >= 4 is 17.9 Å². The van der Waals surface area contributed by atoms with Gasteiger partial charge in [-0.2, -0.15) is 0 Å². The van der Waals surface area contributed by atoms with E-state index in [9.17, 15) is 14.4 Å². The Kier molecular flexibility index (Phi) is 61.7. The highest BCUT2D eigenvalue weighted by molar-refractivity contribution is 5.71. The summed E-state index contributed by atoms with van der Waals surface area (Å²) in [5.74, 6) is -0.856. The molecular formula is C69H126O6. The van der Waals surface area contributed by atoms with Crippen LogP contribution in [0.1, 0.15) is 355 Å². The third kappa shape index (κ3) is 62.1. The van der Waals surface area contributed by atoms with Crippen molar-refractivity contribution in [1.82, 2.24) is 0 Å². The Morgan fingerprint density at radius 3 is 0.733 bits per heavy atom. The number of ether oxygens (including phenoxy) is 3. The molecule has 0 saturated heterocycles. The normalized spacial score (nSPS) is 12.3. The molecular weight excluding hydrogens is 925 g/mol. The van der Waals surface area contributed by atoms with Crippen LogP contribution in [0, 0.1) is 0 Å². The number of carbonyl (C=O) groups excluding carboxylic acids is 3. The highest BCUT2D eigenvalue weighted by Gasteiger charge is 2.19. The molecule has 75 heavy (non-hydrogen) atoms. The molecule has 0 aromatic rings. The van der Waals surface area contributed by atoms with Crippen LogP contribution in [0.3, 0.4) is 0 Å². The van der Waals surface area contributed by atoms with Gasteiger partial charge in [0.2, 0.25) is 0 Å². The van der Waals surface area contributed by atoms with Crippen molar-refractivity contribution < 1.29 is 28.6 Å². The summed E-state index contributed by atoms with van der Waals surface area (Å²) in [6, 6.07) is 0. The zero-order valence-corrected chi connectivity index (χ0v) is 50.3. The first-order chi connectivity index (χ1) is 37.0. The van der Waals surface area contributed by atoms with E-state index in [1.165, 1.54) is 244 Å². The fourth-order valence-corrected chi connectivity index (χ4v) is 9.80. The van der Waals surface area contributed by atoms with Gasteiger partial charge in [0, 0.05) is 19.3 Å². The second kappa shape index (κ2) is 63.9. The van der Waals surface area contributed by atoms with Crippen molar-refractivity contribution in [2.75, 3.05) is 13.2 Å². The van der Waals surface area contributed by atoms with Crippen LogP contribution in [0.15, 0.2) is 48.6 Å². The minimum Gasteiger partial charge on any atom is -0.462 e. The first kappa shape index (κ1) is 72.4. The number of carbonyl (C=O) groups is 3. The highest BCUT2D eigenvalue weighted by atomic mass is 16.6. The Morgan fingerprint density at radius 2 is 0.480 bits per heavy atom. The average molecular weight is 1050 g/mol. The minimum absolute atomic E-state index is 0.0714. The Morgan fingerprint density at radius 1 is 0.267 bits per heavy atom. The SMILES string of the molecule is CCCCCCC/C=C\C/C=C\CCCCCCCCCCCCCC(=O)OCC(COC(=O)CCCCCCCCCCCCCCC)OC(=O)CCCCCCCCCCC/C=C\C/C=C\CCCCCCC. The van der Waals surface area contributed by atoms with Gasteiger partial charge in [-0.3, -0.25) is 14.4 Å². The summed E-state index contributed by atoms with van der Waals surface area (Å²) in [6.07, 6.45) is 79.7. The lowest BCUT2D eigenvalue weighted by Gasteiger charge is -2.18. The van der Waals surface area contributed by atoms with Crippen LogP contribution < -0.4 is 0 Å². The fourth-order valence-electron chi connectivity index (χ4n) is 9.80. The molecule has 1 unspecified atom stereocenters. The molecule has 438 valence electrons. The number of hydrogen-bond acceptors (Lipinski definition) is 6. The minimum atomic E-state index is -0.775. The van der Waals surface area contributed by atoms with E-state index in [1.54, 1.807) is 0 Å². The van der Waals surface area contributed by atoms with Crippen molar-refractivity contribution in [3.63, 3.8) is 0 Å². The molecule has 0 aliphatic rings. The maximum atomic E-state index is 12.9. The zero-order valence-electron chi connectivity index (χ0n) is 50.3. The van der Waals surface area contributed by atoms with Crippen molar-refractivity contribution in [2.24, 2.45) is 0 Å². The summed E-state index contributed by atoms with van der Waals surface area (Å²) in [4.78, 5) is 38.3. The second-order valence-corrected chi connectivity index (χ2v) is 22.4. The molecule has 0 bridgehead atoms. The van der Waals surface area contributed by atoms with Gasteiger partial charge in [0.1, 0.15) is 13.2 Å². The number of allylic oxidation sites excluding steroid dienone is 8. The number of esters is 3. The van der Waals surface area contributed by atoms with Crippen LogP contribution in [-0.2, 0) is 28.6 Å². The molecule has 0 aliphatic carbocycles. The topological polar surface area (TPSA) is 78.9 Å². The van der Waals surface area contributed by atoms with Crippen LogP contribution in [-0.4, -0.2) is 37.2 Å². The van der Waals surface area contributed by atoms with Crippen molar-refractivity contribution in [3.05, 3.63) is 48.6 Å².